The van der Waals surface area contributed by atoms with Gasteiger partial charge < -0.3 is 0 Å². The molecule has 1 saturated heterocycles. The van der Waals surface area contributed by atoms with Gasteiger partial charge in [-0.25, -0.2) is 16.8 Å². The fourth-order valence-electron chi connectivity index (χ4n) is 3.73. The van der Waals surface area contributed by atoms with Crippen LogP contribution in [0.5, 0.6) is 0 Å². The predicted molar refractivity (Wildman–Crippen MR) is 117 cm³/mol. The number of piperazine rings is 1. The Morgan fingerprint density at radius 3 is 1.90 bits per heavy atom. The maximum Gasteiger partial charge on any atom is 0.245 e. The van der Waals surface area contributed by atoms with Crippen LogP contribution in [-0.2, 0) is 20.0 Å². The third-order valence-corrected chi connectivity index (χ3v) is 10.3. The van der Waals surface area contributed by atoms with E-state index in [4.69, 9.17) is 0 Å². The minimum Gasteiger partial charge on any atom is -0.207 e. The molecule has 0 bridgehead atoms. The van der Waals surface area contributed by atoms with Crippen molar-refractivity contribution in [2.45, 2.75) is 22.8 Å². The third-order valence-electron chi connectivity index (χ3n) is 5.23. The molecule has 162 valence electrons. The molecule has 1 atom stereocenters. The first-order chi connectivity index (χ1) is 14.8. The van der Waals surface area contributed by atoms with Crippen molar-refractivity contribution in [2.75, 3.05) is 19.6 Å². The Bertz CT molecular complexity index is 1500. The molecule has 0 aliphatic carbocycles. The highest BCUT2D eigenvalue weighted by Gasteiger charge is 2.39. The Balaban J connectivity index is 1.45. The van der Waals surface area contributed by atoms with E-state index >= 15 is 0 Å². The standard InChI is InChI=1S/C17H16N6O4S4/c1-11-10-22(30(24,25)14-6-2-4-12-16(14)20-28-18-12)8-9-23(11)31(26,27)15-7-3-5-13-17(15)21-29-19-13/h2-7,11H,8-10H2,1H3. The Labute approximate surface area is 186 Å². The number of fused-ring (bicyclic) bond motifs is 2. The van der Waals surface area contributed by atoms with Gasteiger partial charge in [0.15, 0.2) is 0 Å². The number of hydrogen-bond acceptors (Lipinski definition) is 10. The van der Waals surface area contributed by atoms with Crippen LogP contribution in [0.3, 0.4) is 0 Å². The maximum atomic E-state index is 13.4. The highest BCUT2D eigenvalue weighted by molar-refractivity contribution is 7.90. The van der Waals surface area contributed by atoms with Crippen LogP contribution >= 0.6 is 23.5 Å². The van der Waals surface area contributed by atoms with Crippen molar-refractivity contribution in [3.8, 4) is 0 Å². The summed E-state index contributed by atoms with van der Waals surface area (Å²) in [5.74, 6) is 0. The third kappa shape index (κ3) is 3.34. The molecule has 3 heterocycles. The summed E-state index contributed by atoms with van der Waals surface area (Å²) in [6.07, 6.45) is 0. The molecule has 4 aromatic rings. The van der Waals surface area contributed by atoms with E-state index in [2.05, 4.69) is 17.5 Å². The fraction of sp³-hybridized carbons (Fsp3) is 0.294. The molecule has 1 fully saturated rings. The van der Waals surface area contributed by atoms with Crippen LogP contribution in [0.2, 0.25) is 0 Å². The average Bonchev–Trinajstić information content (AvgIpc) is 3.42. The molecular formula is C17H16N6O4S4. The van der Waals surface area contributed by atoms with Crippen molar-refractivity contribution in [3.05, 3.63) is 36.4 Å². The van der Waals surface area contributed by atoms with E-state index in [9.17, 15) is 16.8 Å². The van der Waals surface area contributed by atoms with Crippen molar-refractivity contribution in [3.63, 3.8) is 0 Å². The van der Waals surface area contributed by atoms with Gasteiger partial charge in [-0.3, -0.25) is 0 Å². The monoisotopic (exact) mass is 496 g/mol. The van der Waals surface area contributed by atoms with E-state index < -0.39 is 26.1 Å². The lowest BCUT2D eigenvalue weighted by atomic mass is 10.3. The number of rotatable bonds is 4. The zero-order valence-corrected chi connectivity index (χ0v) is 19.4. The van der Waals surface area contributed by atoms with Gasteiger partial charge in [0, 0.05) is 25.7 Å². The molecule has 0 saturated carbocycles. The normalized spacial score (nSPS) is 19.3. The van der Waals surface area contributed by atoms with Crippen molar-refractivity contribution >= 4 is 65.6 Å². The molecule has 0 N–H and O–H groups in total. The van der Waals surface area contributed by atoms with Crippen LogP contribution in [0.25, 0.3) is 22.1 Å². The lowest BCUT2D eigenvalue weighted by Gasteiger charge is -2.38. The van der Waals surface area contributed by atoms with Gasteiger partial charge in [0.05, 0.1) is 23.5 Å². The summed E-state index contributed by atoms with van der Waals surface area (Å²) >= 11 is 1.91. The Morgan fingerprint density at radius 2 is 1.35 bits per heavy atom. The average molecular weight is 497 g/mol. The predicted octanol–water partition coefficient (Wildman–Crippen LogP) is 1.78. The van der Waals surface area contributed by atoms with Gasteiger partial charge in [-0.05, 0) is 31.2 Å². The first-order valence-electron chi connectivity index (χ1n) is 9.25. The summed E-state index contributed by atoms with van der Waals surface area (Å²) in [4.78, 5) is 0.167. The highest BCUT2D eigenvalue weighted by atomic mass is 32.2. The van der Waals surface area contributed by atoms with E-state index in [0.717, 1.165) is 23.5 Å². The molecule has 1 aliphatic rings. The summed E-state index contributed by atoms with van der Waals surface area (Å²) in [5, 5.41) is 0. The van der Waals surface area contributed by atoms with Crippen LogP contribution in [0.1, 0.15) is 6.92 Å². The maximum absolute atomic E-state index is 13.4. The second-order valence-electron chi connectivity index (χ2n) is 7.10. The molecule has 1 unspecified atom stereocenters. The summed E-state index contributed by atoms with van der Waals surface area (Å²) in [7, 11) is -7.73. The van der Waals surface area contributed by atoms with Crippen molar-refractivity contribution in [1.82, 2.24) is 26.1 Å². The molecule has 14 heteroatoms. The molecule has 0 amide bonds. The minimum atomic E-state index is -3.87. The highest BCUT2D eigenvalue weighted by Crippen LogP contribution is 2.30. The van der Waals surface area contributed by atoms with Crippen LogP contribution in [0.15, 0.2) is 46.2 Å². The van der Waals surface area contributed by atoms with Crippen molar-refractivity contribution < 1.29 is 16.8 Å². The quantitative estimate of drug-likeness (QED) is 0.418. The number of benzene rings is 2. The number of sulfonamides is 2. The van der Waals surface area contributed by atoms with E-state index in [1.165, 1.54) is 20.7 Å². The van der Waals surface area contributed by atoms with Gasteiger partial charge in [0.1, 0.15) is 31.9 Å². The molecule has 0 radical (unpaired) electrons. The SMILES string of the molecule is CC1CN(S(=O)(=O)c2cccc3nsnc23)CCN1S(=O)(=O)c1cccc2nsnc12. The molecule has 1 aliphatic heterocycles. The zero-order chi connectivity index (χ0) is 21.8. The molecular weight excluding hydrogens is 480 g/mol. The van der Waals surface area contributed by atoms with Gasteiger partial charge in [0.2, 0.25) is 20.0 Å². The van der Waals surface area contributed by atoms with Crippen molar-refractivity contribution in [2.24, 2.45) is 0 Å². The Morgan fingerprint density at radius 1 is 0.806 bits per heavy atom. The van der Waals surface area contributed by atoms with Crippen LogP contribution < -0.4 is 0 Å². The van der Waals surface area contributed by atoms with Gasteiger partial charge in [-0.15, -0.1) is 0 Å². The smallest absolute Gasteiger partial charge is 0.207 e. The molecule has 5 rings (SSSR count). The molecule has 2 aromatic heterocycles. The first kappa shape index (κ1) is 20.8. The topological polar surface area (TPSA) is 126 Å². The lowest BCUT2D eigenvalue weighted by Crippen LogP contribution is -2.55. The van der Waals surface area contributed by atoms with Gasteiger partial charge >= 0.3 is 0 Å². The zero-order valence-electron chi connectivity index (χ0n) is 16.1. The van der Waals surface area contributed by atoms with Gasteiger partial charge in [-0.2, -0.15) is 26.1 Å². The largest absolute Gasteiger partial charge is 0.245 e. The van der Waals surface area contributed by atoms with Crippen LogP contribution in [-0.4, -0.2) is 68.6 Å². The Hall–Kier alpha value is -2.10. The second kappa shape index (κ2) is 7.50. The summed E-state index contributed by atoms with van der Waals surface area (Å²) in [5.41, 5.74) is 1.70. The van der Waals surface area contributed by atoms with Gasteiger partial charge in [0.25, 0.3) is 0 Å². The minimum absolute atomic E-state index is 0.0286. The molecule has 2 aromatic carbocycles. The summed E-state index contributed by atoms with van der Waals surface area (Å²) in [6.45, 7) is 1.79. The molecule has 31 heavy (non-hydrogen) atoms. The van der Waals surface area contributed by atoms with Gasteiger partial charge in [-0.1, -0.05) is 12.1 Å². The molecule has 0 spiro atoms. The van der Waals surface area contributed by atoms with Crippen molar-refractivity contribution in [1.29, 1.82) is 0 Å². The number of nitrogens with zero attached hydrogens (tertiary/aromatic N) is 6. The Kier molecular flexibility index (Phi) is 5.02. The number of aromatic nitrogens is 4. The summed E-state index contributed by atoms with van der Waals surface area (Å²) < 4.78 is 72.4. The van der Waals surface area contributed by atoms with Crippen LogP contribution in [0.4, 0.5) is 0 Å². The lowest BCUT2D eigenvalue weighted by molar-refractivity contribution is 0.213. The van der Waals surface area contributed by atoms with E-state index in [-0.39, 0.29) is 29.4 Å². The number of hydrogen-bond donors (Lipinski definition) is 0. The van der Waals surface area contributed by atoms with E-state index in [1.807, 2.05) is 0 Å². The van der Waals surface area contributed by atoms with E-state index in [0.29, 0.717) is 22.1 Å². The first-order valence-corrected chi connectivity index (χ1v) is 13.6. The molecule has 10 nitrogen and oxygen atoms in total. The van der Waals surface area contributed by atoms with E-state index in [1.54, 1.807) is 31.2 Å². The second-order valence-corrected chi connectivity index (χ2v) is 11.9. The van der Waals surface area contributed by atoms with Crippen LogP contribution in [0, 0.1) is 0 Å². The summed E-state index contributed by atoms with van der Waals surface area (Å²) in [6, 6.07) is 9.11. The fourth-order valence-corrected chi connectivity index (χ4v) is 8.36.